The van der Waals surface area contributed by atoms with Crippen molar-refractivity contribution >= 4 is 33.0 Å². The van der Waals surface area contributed by atoms with Crippen LogP contribution in [0.4, 0.5) is 17.1 Å². The number of hydrogen-bond donors (Lipinski definition) is 1. The van der Waals surface area contributed by atoms with Gasteiger partial charge in [-0.2, -0.15) is 0 Å². The molecule has 18 heavy (non-hydrogen) atoms. The van der Waals surface area contributed by atoms with Crippen LogP contribution in [-0.2, 0) is 0 Å². The van der Waals surface area contributed by atoms with Crippen LogP contribution in [0.3, 0.4) is 0 Å². The predicted octanol–water partition coefficient (Wildman–Crippen LogP) is 3.80. The molecule has 0 atom stereocenters. The largest absolute Gasteiger partial charge is 0.348 e. The standard InChI is InChI=1S/C12H10BrN3O2/c1-8-6-12(13)14-7-10(8)15-9-4-2-3-5-11(9)16(17)18/h2-7,15H,1H3. The van der Waals surface area contributed by atoms with E-state index >= 15 is 0 Å². The number of nitro benzene ring substituents is 1. The molecule has 0 aliphatic rings. The normalized spacial score (nSPS) is 10.1. The van der Waals surface area contributed by atoms with Gasteiger partial charge >= 0.3 is 0 Å². The van der Waals surface area contributed by atoms with Crippen LogP contribution in [0.1, 0.15) is 5.56 Å². The first-order chi connectivity index (χ1) is 8.58. The molecule has 1 aromatic carbocycles. The molecule has 2 rings (SSSR count). The molecule has 0 amide bonds. The Morgan fingerprint density at radius 2 is 2.06 bits per heavy atom. The summed E-state index contributed by atoms with van der Waals surface area (Å²) in [5.74, 6) is 0. The van der Waals surface area contributed by atoms with Gasteiger partial charge < -0.3 is 5.32 Å². The van der Waals surface area contributed by atoms with E-state index in [1.807, 2.05) is 13.0 Å². The van der Waals surface area contributed by atoms with Crippen LogP contribution in [0.15, 0.2) is 41.1 Å². The number of nitrogens with one attached hydrogen (secondary N) is 1. The van der Waals surface area contributed by atoms with Gasteiger partial charge in [0.05, 0.1) is 16.8 Å². The maximum Gasteiger partial charge on any atom is 0.292 e. The summed E-state index contributed by atoms with van der Waals surface area (Å²) in [7, 11) is 0. The summed E-state index contributed by atoms with van der Waals surface area (Å²) >= 11 is 3.27. The topological polar surface area (TPSA) is 68.1 Å². The Balaban J connectivity index is 2.37. The van der Waals surface area contributed by atoms with Gasteiger partial charge in [-0.1, -0.05) is 12.1 Å². The summed E-state index contributed by atoms with van der Waals surface area (Å²) < 4.78 is 0.730. The Kier molecular flexibility index (Phi) is 3.57. The van der Waals surface area contributed by atoms with E-state index in [4.69, 9.17) is 0 Å². The number of halogens is 1. The fourth-order valence-corrected chi connectivity index (χ4v) is 1.98. The van der Waals surface area contributed by atoms with Crippen LogP contribution < -0.4 is 5.32 Å². The molecule has 0 saturated heterocycles. The molecule has 0 unspecified atom stereocenters. The highest BCUT2D eigenvalue weighted by molar-refractivity contribution is 9.10. The lowest BCUT2D eigenvalue weighted by Crippen LogP contribution is -1.98. The van der Waals surface area contributed by atoms with Crippen molar-refractivity contribution in [2.24, 2.45) is 0 Å². The Bertz CT molecular complexity index is 602. The van der Waals surface area contributed by atoms with E-state index < -0.39 is 4.92 Å². The zero-order valence-electron chi connectivity index (χ0n) is 9.55. The van der Waals surface area contributed by atoms with Gasteiger partial charge in [-0.05, 0) is 40.5 Å². The lowest BCUT2D eigenvalue weighted by molar-refractivity contribution is -0.383. The molecule has 1 N–H and O–H groups in total. The Hall–Kier alpha value is -1.95. The van der Waals surface area contributed by atoms with E-state index in [1.165, 1.54) is 6.07 Å². The van der Waals surface area contributed by atoms with Crippen LogP contribution in [0, 0.1) is 17.0 Å². The quantitative estimate of drug-likeness (QED) is 0.532. The van der Waals surface area contributed by atoms with E-state index in [1.54, 1.807) is 24.4 Å². The van der Waals surface area contributed by atoms with Crippen LogP contribution in [-0.4, -0.2) is 9.91 Å². The molecule has 92 valence electrons. The smallest absolute Gasteiger partial charge is 0.292 e. The van der Waals surface area contributed by atoms with Crippen molar-refractivity contribution < 1.29 is 4.92 Å². The first-order valence-corrected chi connectivity index (χ1v) is 6.00. The highest BCUT2D eigenvalue weighted by Crippen LogP contribution is 2.28. The third-order valence-corrected chi connectivity index (χ3v) is 2.88. The molecule has 1 heterocycles. The third kappa shape index (κ3) is 2.65. The summed E-state index contributed by atoms with van der Waals surface area (Å²) in [6.45, 7) is 1.91. The number of pyridine rings is 1. The second-order valence-corrected chi connectivity index (χ2v) is 4.53. The van der Waals surface area contributed by atoms with Crippen LogP contribution in [0.2, 0.25) is 0 Å². The second kappa shape index (κ2) is 5.14. The highest BCUT2D eigenvalue weighted by Gasteiger charge is 2.13. The van der Waals surface area contributed by atoms with Gasteiger partial charge in [-0.3, -0.25) is 10.1 Å². The Morgan fingerprint density at radius 1 is 1.33 bits per heavy atom. The SMILES string of the molecule is Cc1cc(Br)ncc1Nc1ccccc1[N+](=O)[O-]. The van der Waals surface area contributed by atoms with E-state index in [0.717, 1.165) is 15.9 Å². The van der Waals surface area contributed by atoms with Crippen molar-refractivity contribution in [3.05, 3.63) is 56.8 Å². The highest BCUT2D eigenvalue weighted by atomic mass is 79.9. The number of hydrogen-bond acceptors (Lipinski definition) is 4. The second-order valence-electron chi connectivity index (χ2n) is 3.72. The van der Waals surface area contributed by atoms with Gasteiger partial charge in [0, 0.05) is 6.07 Å². The molecule has 0 aliphatic heterocycles. The first kappa shape index (κ1) is 12.5. The van der Waals surface area contributed by atoms with Crippen LogP contribution in [0.5, 0.6) is 0 Å². The Labute approximate surface area is 112 Å². The average molecular weight is 308 g/mol. The summed E-state index contributed by atoms with van der Waals surface area (Å²) in [4.78, 5) is 14.6. The van der Waals surface area contributed by atoms with Crippen LogP contribution in [0.25, 0.3) is 0 Å². The number of para-hydroxylation sites is 2. The first-order valence-electron chi connectivity index (χ1n) is 5.20. The molecular weight excluding hydrogens is 298 g/mol. The van der Waals surface area contributed by atoms with E-state index in [-0.39, 0.29) is 5.69 Å². The maximum atomic E-state index is 10.9. The van der Waals surface area contributed by atoms with E-state index in [0.29, 0.717) is 5.69 Å². The van der Waals surface area contributed by atoms with Crippen molar-refractivity contribution in [3.63, 3.8) is 0 Å². The molecule has 0 radical (unpaired) electrons. The predicted molar refractivity (Wildman–Crippen MR) is 73.1 cm³/mol. The summed E-state index contributed by atoms with van der Waals surface area (Å²) in [6, 6.07) is 8.35. The van der Waals surface area contributed by atoms with E-state index in [9.17, 15) is 10.1 Å². The lowest BCUT2D eigenvalue weighted by Gasteiger charge is -2.09. The number of rotatable bonds is 3. The number of nitro groups is 1. The molecule has 0 spiro atoms. The third-order valence-electron chi connectivity index (χ3n) is 2.45. The molecule has 5 nitrogen and oxygen atoms in total. The number of aromatic nitrogens is 1. The zero-order valence-corrected chi connectivity index (χ0v) is 11.1. The number of benzene rings is 1. The average Bonchev–Trinajstić information content (AvgIpc) is 2.33. The van der Waals surface area contributed by atoms with E-state index in [2.05, 4.69) is 26.2 Å². The van der Waals surface area contributed by atoms with Crippen molar-refractivity contribution in [1.82, 2.24) is 4.98 Å². The molecule has 0 saturated carbocycles. The number of nitrogens with zero attached hydrogens (tertiary/aromatic N) is 2. The van der Waals surface area contributed by atoms with Gasteiger partial charge in [0.2, 0.25) is 0 Å². The maximum absolute atomic E-state index is 10.9. The molecule has 2 aromatic rings. The molecule has 6 heteroatoms. The minimum atomic E-state index is -0.413. The van der Waals surface area contributed by atoms with Gasteiger partial charge in [0.25, 0.3) is 5.69 Å². The van der Waals surface area contributed by atoms with Crippen molar-refractivity contribution in [1.29, 1.82) is 0 Å². The molecule has 0 aliphatic carbocycles. The summed E-state index contributed by atoms with van der Waals surface area (Å²) in [6.07, 6.45) is 1.64. The number of anilines is 2. The zero-order chi connectivity index (χ0) is 13.1. The summed E-state index contributed by atoms with van der Waals surface area (Å²) in [5, 5.41) is 13.9. The molecule has 0 fully saturated rings. The van der Waals surface area contributed by atoms with Crippen molar-refractivity contribution in [2.45, 2.75) is 6.92 Å². The van der Waals surface area contributed by atoms with Crippen molar-refractivity contribution in [2.75, 3.05) is 5.32 Å². The fraction of sp³-hybridized carbons (Fsp3) is 0.0833. The fourth-order valence-electron chi connectivity index (χ4n) is 1.54. The Morgan fingerprint density at radius 3 is 2.72 bits per heavy atom. The minimum Gasteiger partial charge on any atom is -0.348 e. The van der Waals surface area contributed by atoms with Gasteiger partial charge in [0.1, 0.15) is 10.3 Å². The van der Waals surface area contributed by atoms with Gasteiger partial charge in [-0.25, -0.2) is 4.98 Å². The van der Waals surface area contributed by atoms with Gasteiger partial charge in [-0.15, -0.1) is 0 Å². The molecule has 0 bridgehead atoms. The monoisotopic (exact) mass is 307 g/mol. The lowest BCUT2D eigenvalue weighted by atomic mass is 10.2. The summed E-state index contributed by atoms with van der Waals surface area (Å²) in [5.41, 5.74) is 2.19. The van der Waals surface area contributed by atoms with Crippen LogP contribution >= 0.6 is 15.9 Å². The number of aryl methyl sites for hydroxylation is 1. The van der Waals surface area contributed by atoms with Crippen molar-refractivity contribution in [3.8, 4) is 0 Å². The molecular formula is C12H10BrN3O2. The molecule has 1 aromatic heterocycles. The van der Waals surface area contributed by atoms with Gasteiger partial charge in [0.15, 0.2) is 0 Å². The minimum absolute atomic E-state index is 0.0415.